The summed E-state index contributed by atoms with van der Waals surface area (Å²) in [5.74, 6) is -1.57. The predicted molar refractivity (Wildman–Crippen MR) is 133 cm³/mol. The summed E-state index contributed by atoms with van der Waals surface area (Å²) in [6.45, 7) is 1.53. The second-order valence-corrected chi connectivity index (χ2v) is 8.25. The second-order valence-electron chi connectivity index (χ2n) is 8.25. The van der Waals surface area contributed by atoms with Gasteiger partial charge >= 0.3 is 5.97 Å². The molecule has 0 radical (unpaired) electrons. The number of pyridine rings is 2. The fourth-order valence-electron chi connectivity index (χ4n) is 3.74. The van der Waals surface area contributed by atoms with Crippen molar-refractivity contribution in [2.45, 2.75) is 26.5 Å². The summed E-state index contributed by atoms with van der Waals surface area (Å²) < 4.78 is 46.8. The number of aromatic nitrogens is 4. The number of anilines is 1. The topological polar surface area (TPSA) is 136 Å². The van der Waals surface area contributed by atoms with Gasteiger partial charge in [-0.3, -0.25) is 14.8 Å². The molecule has 0 spiro atoms. The van der Waals surface area contributed by atoms with E-state index in [-0.39, 0.29) is 42.8 Å². The van der Waals surface area contributed by atoms with Gasteiger partial charge < -0.3 is 20.9 Å². The molecule has 0 saturated heterocycles. The van der Waals surface area contributed by atoms with Crippen molar-refractivity contribution in [1.29, 1.82) is 0 Å². The lowest BCUT2D eigenvalue weighted by Crippen LogP contribution is -2.22. The third-order valence-corrected chi connectivity index (χ3v) is 5.30. The number of carboxylic acid groups (broad SMARTS) is 1. The van der Waals surface area contributed by atoms with Gasteiger partial charge in [-0.15, -0.1) is 0 Å². The van der Waals surface area contributed by atoms with Crippen LogP contribution in [0.4, 0.5) is 19.1 Å². The predicted octanol–water partition coefficient (Wildman–Crippen LogP) is 4.32. The number of hydrogen-bond acceptors (Lipinski definition) is 8. The molecule has 3 heterocycles. The van der Waals surface area contributed by atoms with Crippen LogP contribution in [0, 0.1) is 12.7 Å². The van der Waals surface area contributed by atoms with E-state index in [0.717, 1.165) is 0 Å². The lowest BCUT2D eigenvalue weighted by Gasteiger charge is -2.16. The van der Waals surface area contributed by atoms with Gasteiger partial charge in [-0.2, -0.15) is 4.98 Å². The molecule has 4 rings (SSSR count). The van der Waals surface area contributed by atoms with Crippen LogP contribution in [0.5, 0.6) is 5.88 Å². The van der Waals surface area contributed by atoms with Crippen molar-refractivity contribution in [3.63, 3.8) is 0 Å². The van der Waals surface area contributed by atoms with Crippen LogP contribution in [-0.2, 0) is 17.9 Å². The van der Waals surface area contributed by atoms with Gasteiger partial charge in [0, 0.05) is 17.8 Å². The number of carbonyl (C=O) groups is 1. The molecule has 0 saturated carbocycles. The maximum atomic E-state index is 13.6. The number of ether oxygens (including phenoxy) is 1. The highest BCUT2D eigenvalue weighted by molar-refractivity contribution is 5.85. The van der Waals surface area contributed by atoms with Gasteiger partial charge in [0.25, 0.3) is 6.43 Å². The number of nitrogen functional groups attached to an aromatic ring is 1. The van der Waals surface area contributed by atoms with Crippen LogP contribution in [0.3, 0.4) is 0 Å². The maximum absolute atomic E-state index is 13.6. The molecule has 0 fully saturated rings. The Morgan fingerprint density at radius 2 is 1.76 bits per heavy atom. The van der Waals surface area contributed by atoms with Gasteiger partial charge in [0.05, 0.1) is 29.2 Å². The van der Waals surface area contributed by atoms with Gasteiger partial charge in [-0.05, 0) is 61.0 Å². The van der Waals surface area contributed by atoms with E-state index in [1.165, 1.54) is 30.3 Å². The Morgan fingerprint density at radius 3 is 2.47 bits per heavy atom. The number of halogens is 3. The van der Waals surface area contributed by atoms with Crippen LogP contribution in [0.15, 0.2) is 54.6 Å². The van der Waals surface area contributed by atoms with Crippen LogP contribution < -0.4 is 15.8 Å². The monoisotopic (exact) mass is 524 g/mol. The molecule has 0 unspecified atom stereocenters. The molecule has 196 valence electrons. The molecular weight excluding hydrogens is 501 g/mol. The van der Waals surface area contributed by atoms with E-state index in [1.54, 1.807) is 31.2 Å². The smallest absolute Gasteiger partial charge is 0.317 e. The highest BCUT2D eigenvalue weighted by atomic mass is 19.3. The molecule has 0 aliphatic heterocycles. The molecule has 38 heavy (non-hydrogen) atoms. The van der Waals surface area contributed by atoms with Gasteiger partial charge in [-0.25, -0.2) is 18.2 Å². The number of nitrogens with zero attached hydrogens (tertiary/aromatic N) is 4. The minimum atomic E-state index is -2.82. The number of nitrogens with two attached hydrogens (primary N) is 1. The molecule has 12 heteroatoms. The second kappa shape index (κ2) is 11.6. The average Bonchev–Trinajstić information content (AvgIpc) is 2.87. The van der Waals surface area contributed by atoms with E-state index in [2.05, 4.69) is 25.3 Å². The lowest BCUT2D eigenvalue weighted by molar-refractivity contribution is -0.136. The SMILES string of the molecule is Cc1cc(-c2c(OCc3cccc(CNCC(=O)O)n3)nc(N)nc2-c2ccc(F)cc2)cc(C(F)F)n1. The quantitative estimate of drug-likeness (QED) is 0.277. The van der Waals surface area contributed by atoms with E-state index in [4.69, 9.17) is 15.6 Å². The number of alkyl halides is 2. The van der Waals surface area contributed by atoms with Crippen molar-refractivity contribution in [1.82, 2.24) is 25.3 Å². The Morgan fingerprint density at radius 1 is 1.03 bits per heavy atom. The zero-order valence-electron chi connectivity index (χ0n) is 20.2. The van der Waals surface area contributed by atoms with Crippen LogP contribution >= 0.6 is 0 Å². The Labute approximate surface area is 215 Å². The molecule has 0 bridgehead atoms. The van der Waals surface area contributed by atoms with Gasteiger partial charge in [0.1, 0.15) is 18.1 Å². The molecule has 0 amide bonds. The average molecular weight is 525 g/mol. The fraction of sp³-hybridized carbons (Fsp3) is 0.192. The van der Waals surface area contributed by atoms with Crippen LogP contribution in [0.2, 0.25) is 0 Å². The third-order valence-electron chi connectivity index (χ3n) is 5.30. The first-order valence-corrected chi connectivity index (χ1v) is 11.4. The number of nitrogens with one attached hydrogen (secondary N) is 1. The van der Waals surface area contributed by atoms with E-state index < -0.39 is 23.9 Å². The molecule has 3 aromatic heterocycles. The summed E-state index contributed by atoms with van der Waals surface area (Å²) in [5.41, 5.74) is 8.31. The van der Waals surface area contributed by atoms with Crippen molar-refractivity contribution in [2.75, 3.05) is 12.3 Å². The Hall–Kier alpha value is -4.58. The molecule has 0 atom stereocenters. The summed E-state index contributed by atoms with van der Waals surface area (Å²) in [6, 6.07) is 13.4. The van der Waals surface area contributed by atoms with Gasteiger partial charge in [0.15, 0.2) is 0 Å². The van der Waals surface area contributed by atoms with Gasteiger partial charge in [-0.1, -0.05) is 6.07 Å². The summed E-state index contributed by atoms with van der Waals surface area (Å²) in [7, 11) is 0. The first-order chi connectivity index (χ1) is 18.2. The number of carboxylic acids is 1. The normalized spacial score (nSPS) is 11.1. The highest BCUT2D eigenvalue weighted by Crippen LogP contribution is 2.39. The minimum absolute atomic E-state index is 0.0128. The van der Waals surface area contributed by atoms with E-state index in [1.807, 2.05) is 0 Å². The molecule has 4 aromatic rings. The Bertz CT molecular complexity index is 1450. The van der Waals surface area contributed by atoms with Crippen molar-refractivity contribution >= 4 is 11.9 Å². The van der Waals surface area contributed by atoms with E-state index >= 15 is 0 Å². The van der Waals surface area contributed by atoms with E-state index in [0.29, 0.717) is 28.2 Å². The standard InChI is InChI=1S/C26H23F3N6O3/c1-14-9-16(10-20(32-14)24(28)29)22-23(15-5-7-17(27)8-6-15)34-26(30)35-25(22)38-13-19-4-2-3-18(33-19)11-31-12-21(36)37/h2-10,24,31H,11-13H2,1H3,(H,36,37)(H2,30,34,35). The zero-order valence-corrected chi connectivity index (χ0v) is 20.2. The number of aryl methyl sites for hydroxylation is 1. The maximum Gasteiger partial charge on any atom is 0.317 e. The molecule has 0 aliphatic rings. The number of aliphatic carboxylic acids is 1. The van der Waals surface area contributed by atoms with E-state index in [9.17, 15) is 18.0 Å². The third kappa shape index (κ3) is 6.59. The van der Waals surface area contributed by atoms with Crippen LogP contribution in [0.1, 0.15) is 29.2 Å². The van der Waals surface area contributed by atoms with Crippen molar-refractivity contribution in [3.05, 3.63) is 83.2 Å². The summed E-state index contributed by atoms with van der Waals surface area (Å²) >= 11 is 0. The summed E-state index contributed by atoms with van der Waals surface area (Å²) in [4.78, 5) is 27.6. The van der Waals surface area contributed by atoms with Crippen molar-refractivity contribution in [3.8, 4) is 28.3 Å². The molecule has 9 nitrogen and oxygen atoms in total. The largest absolute Gasteiger partial charge is 0.480 e. The van der Waals surface area contributed by atoms with Crippen molar-refractivity contribution in [2.24, 2.45) is 0 Å². The number of benzene rings is 1. The Balaban J connectivity index is 1.75. The molecule has 0 aliphatic carbocycles. The van der Waals surface area contributed by atoms with Gasteiger partial charge in [0.2, 0.25) is 11.8 Å². The lowest BCUT2D eigenvalue weighted by atomic mass is 9.99. The zero-order chi connectivity index (χ0) is 27.2. The molecule has 4 N–H and O–H groups in total. The highest BCUT2D eigenvalue weighted by Gasteiger charge is 2.22. The fourth-order valence-corrected chi connectivity index (χ4v) is 3.74. The van der Waals surface area contributed by atoms with Crippen molar-refractivity contribution < 1.29 is 27.8 Å². The van der Waals surface area contributed by atoms with Crippen LogP contribution in [-0.4, -0.2) is 37.6 Å². The first-order valence-electron chi connectivity index (χ1n) is 11.4. The number of rotatable bonds is 10. The Kier molecular flexibility index (Phi) is 8.12. The first kappa shape index (κ1) is 26.5. The molecule has 1 aromatic carbocycles. The minimum Gasteiger partial charge on any atom is -0.480 e. The van der Waals surface area contributed by atoms with Crippen LogP contribution in [0.25, 0.3) is 22.4 Å². The number of hydrogen-bond donors (Lipinski definition) is 3. The summed E-state index contributed by atoms with van der Waals surface area (Å²) in [5, 5.41) is 11.5. The molecular formula is C26H23F3N6O3. The summed E-state index contributed by atoms with van der Waals surface area (Å²) in [6.07, 6.45) is -2.82.